The van der Waals surface area contributed by atoms with Crippen molar-refractivity contribution in [3.05, 3.63) is 11.6 Å². The summed E-state index contributed by atoms with van der Waals surface area (Å²) in [5.74, 6) is 0. The Balaban J connectivity index is 3.02. The first-order valence-electron chi connectivity index (χ1n) is 6.04. The Morgan fingerprint density at radius 2 is 2.00 bits per heavy atom. The summed E-state index contributed by atoms with van der Waals surface area (Å²) >= 11 is 0. The van der Waals surface area contributed by atoms with Crippen LogP contribution in [-0.4, -0.2) is 0 Å². The predicted octanol–water partition coefficient (Wildman–Crippen LogP) is 4.45. The summed E-state index contributed by atoms with van der Waals surface area (Å²) in [4.78, 5) is 0. The third kappa shape index (κ3) is 2.09. The molecule has 1 saturated carbocycles. The monoisotopic (exact) mass is 205 g/mol. The smallest absolute Gasteiger partial charge is 0.0666 e. The van der Waals surface area contributed by atoms with Crippen LogP contribution in [-0.2, 0) is 0 Å². The zero-order valence-corrected chi connectivity index (χ0v) is 10.6. The van der Waals surface area contributed by atoms with E-state index in [9.17, 15) is 0 Å². The highest BCUT2D eigenvalue weighted by atomic mass is 14.5. The van der Waals surface area contributed by atoms with Crippen LogP contribution >= 0.6 is 0 Å². The minimum absolute atomic E-state index is 0.249. The van der Waals surface area contributed by atoms with Crippen molar-refractivity contribution in [1.82, 2.24) is 0 Å². The van der Waals surface area contributed by atoms with E-state index < -0.39 is 0 Å². The van der Waals surface area contributed by atoms with Crippen LogP contribution in [0.15, 0.2) is 11.6 Å². The van der Waals surface area contributed by atoms with E-state index in [0.29, 0.717) is 11.8 Å². The van der Waals surface area contributed by atoms with Crippen molar-refractivity contribution in [3.8, 4) is 6.07 Å². The first-order chi connectivity index (χ1) is 6.98. The van der Waals surface area contributed by atoms with Crippen molar-refractivity contribution in [2.45, 2.75) is 59.8 Å². The number of allylic oxidation sites excluding steroid dienone is 2. The number of rotatable bonds is 3. The second-order valence-corrected chi connectivity index (χ2v) is 5.54. The van der Waals surface area contributed by atoms with E-state index in [-0.39, 0.29) is 5.41 Å². The van der Waals surface area contributed by atoms with Gasteiger partial charge in [0.05, 0.1) is 12.5 Å². The Kier molecular flexibility index (Phi) is 3.60. The predicted molar refractivity (Wildman–Crippen MR) is 64.3 cm³/mol. The highest BCUT2D eigenvalue weighted by Crippen LogP contribution is 2.57. The van der Waals surface area contributed by atoms with Crippen molar-refractivity contribution < 1.29 is 0 Å². The van der Waals surface area contributed by atoms with E-state index in [1.807, 2.05) is 0 Å². The lowest BCUT2D eigenvalue weighted by atomic mass is 9.64. The van der Waals surface area contributed by atoms with E-state index >= 15 is 0 Å². The molecule has 0 aromatic carbocycles. The van der Waals surface area contributed by atoms with Gasteiger partial charge in [0, 0.05) is 0 Å². The van der Waals surface area contributed by atoms with Gasteiger partial charge >= 0.3 is 0 Å². The Labute approximate surface area is 94.2 Å². The molecule has 1 fully saturated rings. The molecule has 0 radical (unpaired) electrons. The molecule has 0 aromatic heterocycles. The SMILES string of the molecule is CC/C=C(/CC#N)C1(C)CCCC1(C)C. The molecule has 0 spiro atoms. The summed E-state index contributed by atoms with van der Waals surface area (Å²) in [6.07, 6.45) is 7.76. The molecule has 1 heteroatoms. The number of hydrogen-bond acceptors (Lipinski definition) is 1. The van der Waals surface area contributed by atoms with Gasteiger partial charge in [-0.15, -0.1) is 0 Å². The van der Waals surface area contributed by atoms with Gasteiger partial charge in [-0.25, -0.2) is 0 Å². The van der Waals surface area contributed by atoms with E-state index in [4.69, 9.17) is 5.26 Å². The van der Waals surface area contributed by atoms with E-state index in [2.05, 4.69) is 39.8 Å². The van der Waals surface area contributed by atoms with Crippen LogP contribution < -0.4 is 0 Å². The van der Waals surface area contributed by atoms with Crippen LogP contribution in [0.3, 0.4) is 0 Å². The largest absolute Gasteiger partial charge is 0.198 e. The number of nitriles is 1. The fourth-order valence-electron chi connectivity index (χ4n) is 2.92. The standard InChI is InChI=1S/C14H23N/c1-5-7-12(8-11-15)14(4)10-6-9-13(14,2)3/h7H,5-6,8-10H2,1-4H3/b12-7-. The fourth-order valence-corrected chi connectivity index (χ4v) is 2.92. The Morgan fingerprint density at radius 1 is 1.33 bits per heavy atom. The van der Waals surface area contributed by atoms with Crippen molar-refractivity contribution in [3.63, 3.8) is 0 Å². The van der Waals surface area contributed by atoms with Crippen molar-refractivity contribution in [1.29, 1.82) is 5.26 Å². The highest BCUT2D eigenvalue weighted by Gasteiger charge is 2.46. The third-order valence-corrected chi connectivity index (χ3v) is 4.40. The van der Waals surface area contributed by atoms with Gasteiger partial charge in [-0.2, -0.15) is 5.26 Å². The second-order valence-electron chi connectivity index (χ2n) is 5.54. The molecule has 1 aliphatic rings. The molecule has 0 saturated heterocycles. The average molecular weight is 205 g/mol. The summed E-state index contributed by atoms with van der Waals surface area (Å²) in [5.41, 5.74) is 1.97. The van der Waals surface area contributed by atoms with Crippen LogP contribution in [0.5, 0.6) is 0 Å². The molecular formula is C14H23N. The zero-order valence-electron chi connectivity index (χ0n) is 10.6. The second kappa shape index (κ2) is 4.39. The number of hydrogen-bond donors (Lipinski definition) is 0. The summed E-state index contributed by atoms with van der Waals surface area (Å²) in [7, 11) is 0. The minimum atomic E-state index is 0.249. The van der Waals surface area contributed by atoms with Gasteiger partial charge in [0.2, 0.25) is 0 Å². The molecule has 15 heavy (non-hydrogen) atoms. The average Bonchev–Trinajstić information content (AvgIpc) is 2.42. The summed E-state index contributed by atoms with van der Waals surface area (Å²) in [6, 6.07) is 2.32. The molecular weight excluding hydrogens is 182 g/mol. The highest BCUT2D eigenvalue weighted by molar-refractivity contribution is 5.22. The lowest BCUT2D eigenvalue weighted by Crippen LogP contribution is -2.31. The van der Waals surface area contributed by atoms with Gasteiger partial charge in [-0.05, 0) is 30.1 Å². The molecule has 0 bridgehead atoms. The maximum Gasteiger partial charge on any atom is 0.0666 e. The normalized spacial score (nSPS) is 30.2. The Bertz CT molecular complexity index is 293. The third-order valence-electron chi connectivity index (χ3n) is 4.40. The van der Waals surface area contributed by atoms with Crippen LogP contribution in [0, 0.1) is 22.2 Å². The molecule has 1 atom stereocenters. The maximum atomic E-state index is 8.92. The molecule has 1 aliphatic carbocycles. The van der Waals surface area contributed by atoms with Crippen LogP contribution in [0.25, 0.3) is 0 Å². The van der Waals surface area contributed by atoms with Crippen LogP contribution in [0.1, 0.15) is 59.8 Å². The topological polar surface area (TPSA) is 23.8 Å². The van der Waals surface area contributed by atoms with Gasteiger partial charge in [-0.1, -0.05) is 45.8 Å². The lowest BCUT2D eigenvalue weighted by molar-refractivity contribution is 0.174. The molecule has 1 nitrogen and oxygen atoms in total. The molecule has 0 heterocycles. The summed E-state index contributed by atoms with van der Waals surface area (Å²) < 4.78 is 0. The maximum absolute atomic E-state index is 8.92. The van der Waals surface area contributed by atoms with Gasteiger partial charge in [-0.3, -0.25) is 0 Å². The minimum Gasteiger partial charge on any atom is -0.198 e. The van der Waals surface area contributed by atoms with Gasteiger partial charge in [0.25, 0.3) is 0 Å². The molecule has 0 N–H and O–H groups in total. The lowest BCUT2D eigenvalue weighted by Gasteiger charge is -2.40. The van der Waals surface area contributed by atoms with Crippen molar-refractivity contribution >= 4 is 0 Å². The Hall–Kier alpha value is -0.770. The van der Waals surface area contributed by atoms with E-state index in [1.165, 1.54) is 24.8 Å². The zero-order chi connectivity index (χ0) is 11.5. The summed E-state index contributed by atoms with van der Waals surface area (Å²) in [5, 5.41) is 8.92. The molecule has 1 rings (SSSR count). The van der Waals surface area contributed by atoms with Crippen LogP contribution in [0.2, 0.25) is 0 Å². The molecule has 84 valence electrons. The molecule has 1 unspecified atom stereocenters. The molecule has 0 aromatic rings. The molecule has 0 aliphatic heterocycles. The van der Waals surface area contributed by atoms with E-state index in [0.717, 1.165) is 6.42 Å². The van der Waals surface area contributed by atoms with Gasteiger partial charge < -0.3 is 0 Å². The Morgan fingerprint density at radius 3 is 2.40 bits per heavy atom. The first kappa shape index (κ1) is 12.3. The quantitative estimate of drug-likeness (QED) is 0.624. The fraction of sp³-hybridized carbons (Fsp3) is 0.786. The van der Waals surface area contributed by atoms with Crippen molar-refractivity contribution in [2.24, 2.45) is 10.8 Å². The first-order valence-corrected chi connectivity index (χ1v) is 6.04. The number of nitrogens with zero attached hydrogens (tertiary/aromatic N) is 1. The van der Waals surface area contributed by atoms with E-state index in [1.54, 1.807) is 0 Å². The molecule has 0 amide bonds. The van der Waals surface area contributed by atoms with Crippen LogP contribution in [0.4, 0.5) is 0 Å². The van der Waals surface area contributed by atoms with Crippen molar-refractivity contribution in [2.75, 3.05) is 0 Å². The summed E-state index contributed by atoms with van der Waals surface area (Å²) in [6.45, 7) is 9.20. The van der Waals surface area contributed by atoms with Gasteiger partial charge in [0.1, 0.15) is 0 Å². The van der Waals surface area contributed by atoms with Gasteiger partial charge in [0.15, 0.2) is 0 Å².